The fourth-order valence-corrected chi connectivity index (χ4v) is 0.820. The van der Waals surface area contributed by atoms with E-state index in [0.717, 1.165) is 0 Å². The first kappa shape index (κ1) is 8.31. The smallest absolute Gasteiger partial charge is 0.247 e. The number of thioether (sulfide) groups is 1. The Hall–Kier alpha value is -0.690. The van der Waals surface area contributed by atoms with Crippen molar-refractivity contribution in [3.8, 4) is 6.07 Å². The molecule has 0 aliphatic rings. The summed E-state index contributed by atoms with van der Waals surface area (Å²) in [6, 6.07) is 1.89. The summed E-state index contributed by atoms with van der Waals surface area (Å²) in [5.41, 5.74) is 0. The summed E-state index contributed by atoms with van der Waals surface area (Å²) in [7, 11) is 0. The van der Waals surface area contributed by atoms with Crippen molar-refractivity contribution in [2.45, 2.75) is 6.42 Å². The van der Waals surface area contributed by atoms with Gasteiger partial charge >= 0.3 is 5.97 Å². The number of carbonyl (C=O) groups excluding carboxylic acids is 1. The van der Waals surface area contributed by atoms with Gasteiger partial charge in [0.1, 0.15) is 0 Å². The van der Waals surface area contributed by atoms with E-state index in [9.17, 15) is 9.90 Å². The maximum Gasteiger partial charge on any atom is 0.356 e. The molecule has 0 spiro atoms. The van der Waals surface area contributed by atoms with Gasteiger partial charge in [0.2, 0.25) is 0 Å². The van der Waals surface area contributed by atoms with Gasteiger partial charge in [-0.3, -0.25) is 0 Å². The third-order valence-corrected chi connectivity index (χ3v) is 1.44. The van der Waals surface area contributed by atoms with Crippen LogP contribution in [0.3, 0.4) is 0 Å². The normalized spacial score (nSPS) is 8.33. The third-order valence-electron chi connectivity index (χ3n) is 0.617. The standard InChI is InChI=1S/C5H6NO2S/c6-2-4-9-3-1-5(7)8/h1,3-4H2. The first-order valence-corrected chi connectivity index (χ1v) is 3.57. The van der Waals surface area contributed by atoms with E-state index in [1.54, 1.807) is 0 Å². The lowest BCUT2D eigenvalue weighted by atomic mass is 10.5. The highest BCUT2D eigenvalue weighted by molar-refractivity contribution is 7.99. The van der Waals surface area contributed by atoms with Crippen LogP contribution in [0.4, 0.5) is 0 Å². The Morgan fingerprint density at radius 1 is 1.67 bits per heavy atom. The molecule has 0 saturated heterocycles. The zero-order valence-electron chi connectivity index (χ0n) is 4.79. The van der Waals surface area contributed by atoms with Crippen molar-refractivity contribution < 1.29 is 9.90 Å². The van der Waals surface area contributed by atoms with Crippen LogP contribution >= 0.6 is 11.8 Å². The molecule has 1 radical (unpaired) electrons. The molecule has 0 aliphatic carbocycles. The molecular formula is C5H6NO2S. The molecule has 0 unspecified atom stereocenters. The van der Waals surface area contributed by atoms with Crippen LogP contribution in [0.2, 0.25) is 0 Å². The van der Waals surface area contributed by atoms with E-state index in [0.29, 0.717) is 11.5 Å². The molecule has 0 N–H and O–H groups in total. The average Bonchev–Trinajstić information content (AvgIpc) is 1.80. The first-order valence-electron chi connectivity index (χ1n) is 2.42. The number of hydrogen-bond acceptors (Lipinski definition) is 3. The highest BCUT2D eigenvalue weighted by atomic mass is 32.2. The Kier molecular flexibility index (Phi) is 5.03. The lowest BCUT2D eigenvalue weighted by Gasteiger charge is -1.87. The molecule has 0 heterocycles. The molecule has 0 atom stereocenters. The van der Waals surface area contributed by atoms with Crippen LogP contribution in [-0.2, 0) is 9.90 Å². The average molecular weight is 144 g/mol. The van der Waals surface area contributed by atoms with Crippen LogP contribution in [0.1, 0.15) is 6.42 Å². The molecule has 49 valence electrons. The minimum Gasteiger partial charge on any atom is -0.247 e. The molecule has 0 rings (SSSR count). The summed E-state index contributed by atoms with van der Waals surface area (Å²) >= 11 is 1.30. The molecule has 0 amide bonds. The third kappa shape index (κ3) is 7.31. The summed E-state index contributed by atoms with van der Waals surface area (Å²) in [6.45, 7) is 0. The summed E-state index contributed by atoms with van der Waals surface area (Å²) in [5.74, 6) is -0.233. The summed E-state index contributed by atoms with van der Waals surface area (Å²) < 4.78 is 0. The Bertz CT molecular complexity index is 129. The Morgan fingerprint density at radius 2 is 2.33 bits per heavy atom. The van der Waals surface area contributed by atoms with Crippen LogP contribution < -0.4 is 0 Å². The monoisotopic (exact) mass is 144 g/mol. The second kappa shape index (κ2) is 5.45. The van der Waals surface area contributed by atoms with Gasteiger partial charge in [-0.1, -0.05) is 0 Å². The molecule has 0 aromatic rings. The number of hydrogen-bond donors (Lipinski definition) is 0. The minimum absolute atomic E-state index is 0.0341. The van der Waals surface area contributed by atoms with Crippen LogP contribution in [0.25, 0.3) is 0 Å². The van der Waals surface area contributed by atoms with E-state index >= 15 is 0 Å². The zero-order chi connectivity index (χ0) is 7.11. The van der Waals surface area contributed by atoms with Gasteiger partial charge in [0.15, 0.2) is 0 Å². The van der Waals surface area contributed by atoms with E-state index in [2.05, 4.69) is 0 Å². The Labute approximate surface area is 57.7 Å². The van der Waals surface area contributed by atoms with Gasteiger partial charge in [0.05, 0.1) is 18.2 Å². The predicted molar refractivity (Wildman–Crippen MR) is 33.2 cm³/mol. The van der Waals surface area contributed by atoms with E-state index < -0.39 is 5.97 Å². The molecule has 0 aliphatic heterocycles. The Morgan fingerprint density at radius 3 is 2.78 bits per heavy atom. The minimum atomic E-state index is -1.06. The van der Waals surface area contributed by atoms with Crippen molar-refractivity contribution in [2.24, 2.45) is 0 Å². The van der Waals surface area contributed by atoms with Gasteiger partial charge in [-0.15, -0.1) is 11.8 Å². The van der Waals surface area contributed by atoms with E-state index in [1.165, 1.54) is 11.8 Å². The fraction of sp³-hybridized carbons (Fsp3) is 0.600. The van der Waals surface area contributed by atoms with Crippen molar-refractivity contribution in [2.75, 3.05) is 11.5 Å². The Balaban J connectivity index is 2.94. The van der Waals surface area contributed by atoms with Gasteiger partial charge in [-0.2, -0.15) is 5.26 Å². The largest absolute Gasteiger partial charge is 0.356 e. The van der Waals surface area contributed by atoms with Gasteiger partial charge in [0, 0.05) is 5.75 Å². The fourth-order valence-electron chi connectivity index (χ4n) is 0.273. The van der Waals surface area contributed by atoms with E-state index in [-0.39, 0.29) is 6.42 Å². The molecule has 3 nitrogen and oxygen atoms in total. The molecular weight excluding hydrogens is 138 g/mol. The second-order valence-corrected chi connectivity index (χ2v) is 2.44. The van der Waals surface area contributed by atoms with E-state index in [4.69, 9.17) is 5.26 Å². The number of nitrogens with zero attached hydrogens (tertiary/aromatic N) is 1. The molecule has 0 fully saturated rings. The van der Waals surface area contributed by atoms with Crippen molar-refractivity contribution in [3.05, 3.63) is 0 Å². The van der Waals surface area contributed by atoms with Crippen molar-refractivity contribution in [3.63, 3.8) is 0 Å². The first-order chi connectivity index (χ1) is 4.27. The van der Waals surface area contributed by atoms with Crippen LogP contribution in [0.5, 0.6) is 0 Å². The quantitative estimate of drug-likeness (QED) is 0.542. The van der Waals surface area contributed by atoms with Gasteiger partial charge in [-0.25, -0.2) is 9.90 Å². The van der Waals surface area contributed by atoms with Crippen LogP contribution in [0, 0.1) is 11.3 Å². The molecule has 4 heteroatoms. The van der Waals surface area contributed by atoms with E-state index in [1.807, 2.05) is 6.07 Å². The molecule has 0 bridgehead atoms. The lowest BCUT2D eigenvalue weighted by molar-refractivity contribution is -0.142. The lowest BCUT2D eigenvalue weighted by Crippen LogP contribution is -1.93. The van der Waals surface area contributed by atoms with Crippen LogP contribution in [0.15, 0.2) is 0 Å². The SMILES string of the molecule is N#CCSCCC([O])=O. The topological polar surface area (TPSA) is 60.8 Å². The maximum absolute atomic E-state index is 9.76. The number of rotatable bonds is 4. The van der Waals surface area contributed by atoms with Gasteiger partial charge in [-0.05, 0) is 0 Å². The molecule has 0 aromatic heterocycles. The summed E-state index contributed by atoms with van der Waals surface area (Å²) in [6.07, 6.45) is 0.0341. The van der Waals surface area contributed by atoms with Gasteiger partial charge in [0.25, 0.3) is 0 Å². The molecule has 9 heavy (non-hydrogen) atoms. The number of carbonyl (C=O) groups is 1. The molecule has 0 aromatic carbocycles. The summed E-state index contributed by atoms with van der Waals surface area (Å²) in [5, 5.41) is 17.8. The van der Waals surface area contributed by atoms with Crippen LogP contribution in [-0.4, -0.2) is 17.5 Å². The predicted octanol–water partition coefficient (Wildman–Crippen LogP) is 0.590. The van der Waals surface area contributed by atoms with Gasteiger partial charge < -0.3 is 0 Å². The zero-order valence-corrected chi connectivity index (χ0v) is 5.61. The highest BCUT2D eigenvalue weighted by Crippen LogP contribution is 1.99. The van der Waals surface area contributed by atoms with Crippen molar-refractivity contribution in [1.29, 1.82) is 5.26 Å². The highest BCUT2D eigenvalue weighted by Gasteiger charge is 1.97. The van der Waals surface area contributed by atoms with Crippen molar-refractivity contribution >= 4 is 17.7 Å². The second-order valence-electron chi connectivity index (χ2n) is 1.33. The maximum atomic E-state index is 9.76. The number of nitriles is 1. The summed E-state index contributed by atoms with van der Waals surface area (Å²) in [4.78, 5) is 9.76. The van der Waals surface area contributed by atoms with Crippen molar-refractivity contribution in [1.82, 2.24) is 0 Å². The molecule has 0 saturated carbocycles.